The highest BCUT2D eigenvalue weighted by atomic mass is 16.4. The van der Waals surface area contributed by atoms with Gasteiger partial charge in [-0.15, -0.1) is 0 Å². The number of benzene rings is 1. The quantitative estimate of drug-likeness (QED) is 0.818. The van der Waals surface area contributed by atoms with E-state index in [1.165, 1.54) is 12.3 Å². The molecule has 0 radical (unpaired) electrons. The molecule has 0 aliphatic heterocycles. The number of aliphatic imine (C=N–C) groups is 1. The number of carboxylic acids is 1. The van der Waals surface area contributed by atoms with E-state index in [1.54, 1.807) is 12.3 Å². The second-order valence-corrected chi connectivity index (χ2v) is 3.38. The molecule has 2 rings (SSSR count). The minimum absolute atomic E-state index is 0.0173. The van der Waals surface area contributed by atoms with Gasteiger partial charge in [0.15, 0.2) is 0 Å². The van der Waals surface area contributed by atoms with Gasteiger partial charge < -0.3 is 5.11 Å². The second kappa shape index (κ2) is 5.03. The molecule has 4 nitrogen and oxygen atoms in total. The minimum atomic E-state index is -1.04. The van der Waals surface area contributed by atoms with Crippen molar-refractivity contribution in [1.82, 2.24) is 4.98 Å². The third-order valence-corrected chi connectivity index (χ3v) is 2.13. The van der Waals surface area contributed by atoms with E-state index >= 15 is 0 Å². The van der Waals surface area contributed by atoms with Gasteiger partial charge in [0, 0.05) is 6.21 Å². The van der Waals surface area contributed by atoms with Crippen molar-refractivity contribution in [1.29, 1.82) is 0 Å². The normalized spacial score (nSPS) is 10.6. The molecular weight excluding hydrogens is 216 g/mol. The molecule has 0 bridgehead atoms. The summed E-state index contributed by atoms with van der Waals surface area (Å²) in [5.74, 6) is -1.04. The van der Waals surface area contributed by atoms with Crippen LogP contribution < -0.4 is 0 Å². The summed E-state index contributed by atoms with van der Waals surface area (Å²) in [5, 5.41) is 8.68. The number of carbonyl (C=O) groups is 1. The van der Waals surface area contributed by atoms with Crippen molar-refractivity contribution in [3.05, 3.63) is 59.9 Å². The summed E-state index contributed by atoms with van der Waals surface area (Å²) < 4.78 is 0. The van der Waals surface area contributed by atoms with Crippen molar-refractivity contribution in [3.8, 4) is 0 Å². The zero-order valence-electron chi connectivity index (χ0n) is 8.95. The van der Waals surface area contributed by atoms with E-state index in [1.807, 2.05) is 30.3 Å². The van der Waals surface area contributed by atoms with E-state index in [4.69, 9.17) is 5.11 Å². The predicted octanol–water partition coefficient (Wildman–Crippen LogP) is 2.53. The standard InChI is InChI=1S/C13H10N2O2/c16-13(17)12-7-6-11(9-15-12)14-8-10-4-2-1-3-5-10/h1-9H,(H,16,17). The molecule has 4 heteroatoms. The summed E-state index contributed by atoms with van der Waals surface area (Å²) in [5.41, 5.74) is 1.62. The minimum Gasteiger partial charge on any atom is -0.477 e. The third kappa shape index (κ3) is 2.98. The van der Waals surface area contributed by atoms with Gasteiger partial charge in [0.1, 0.15) is 5.69 Å². The first-order valence-electron chi connectivity index (χ1n) is 5.04. The molecule has 0 fully saturated rings. The SMILES string of the molecule is O=C(O)c1ccc(N=Cc2ccccc2)cn1. The molecule has 0 unspecified atom stereocenters. The maximum atomic E-state index is 10.6. The van der Waals surface area contributed by atoms with E-state index in [0.717, 1.165) is 5.56 Å². The van der Waals surface area contributed by atoms with Crippen LogP contribution in [-0.4, -0.2) is 22.3 Å². The Morgan fingerprint density at radius 2 is 1.94 bits per heavy atom. The van der Waals surface area contributed by atoms with Gasteiger partial charge in [0.25, 0.3) is 0 Å². The number of aromatic carboxylic acids is 1. The molecule has 0 aliphatic carbocycles. The molecule has 0 atom stereocenters. The maximum Gasteiger partial charge on any atom is 0.354 e. The topological polar surface area (TPSA) is 62.5 Å². The summed E-state index contributed by atoms with van der Waals surface area (Å²) in [7, 11) is 0. The van der Waals surface area contributed by atoms with Gasteiger partial charge in [0.05, 0.1) is 11.9 Å². The molecule has 0 saturated heterocycles. The highest BCUT2D eigenvalue weighted by molar-refractivity contribution is 5.86. The molecule has 0 amide bonds. The Bertz CT molecular complexity index is 533. The third-order valence-electron chi connectivity index (χ3n) is 2.13. The molecule has 1 heterocycles. The van der Waals surface area contributed by atoms with Crippen LogP contribution in [0.4, 0.5) is 5.69 Å². The highest BCUT2D eigenvalue weighted by Crippen LogP contribution is 2.10. The average molecular weight is 226 g/mol. The first-order chi connectivity index (χ1) is 8.25. The lowest BCUT2D eigenvalue weighted by Gasteiger charge is -1.95. The van der Waals surface area contributed by atoms with Crippen LogP contribution in [0.3, 0.4) is 0 Å². The first-order valence-corrected chi connectivity index (χ1v) is 5.04. The monoisotopic (exact) mass is 226 g/mol. The summed E-state index contributed by atoms with van der Waals surface area (Å²) >= 11 is 0. The molecule has 0 spiro atoms. The molecular formula is C13H10N2O2. The number of hydrogen-bond donors (Lipinski definition) is 1. The first kappa shape index (κ1) is 11.0. The summed E-state index contributed by atoms with van der Waals surface area (Å²) in [6, 6.07) is 12.7. The molecule has 84 valence electrons. The number of nitrogens with zero attached hydrogens (tertiary/aromatic N) is 2. The van der Waals surface area contributed by atoms with Crippen molar-refractivity contribution < 1.29 is 9.90 Å². The van der Waals surface area contributed by atoms with Crippen molar-refractivity contribution >= 4 is 17.9 Å². The lowest BCUT2D eigenvalue weighted by Crippen LogP contribution is -1.98. The lowest BCUT2D eigenvalue weighted by atomic mass is 10.2. The summed E-state index contributed by atoms with van der Waals surface area (Å²) in [6.07, 6.45) is 3.14. The largest absolute Gasteiger partial charge is 0.477 e. The number of rotatable bonds is 3. The Hall–Kier alpha value is -2.49. The van der Waals surface area contributed by atoms with Gasteiger partial charge in [-0.25, -0.2) is 9.78 Å². The number of aromatic nitrogens is 1. The van der Waals surface area contributed by atoms with Gasteiger partial charge in [-0.3, -0.25) is 4.99 Å². The second-order valence-electron chi connectivity index (χ2n) is 3.38. The van der Waals surface area contributed by atoms with Crippen LogP contribution in [0.2, 0.25) is 0 Å². The molecule has 1 N–H and O–H groups in total. The Balaban J connectivity index is 2.14. The zero-order chi connectivity index (χ0) is 12.1. The van der Waals surface area contributed by atoms with E-state index in [0.29, 0.717) is 5.69 Å². The van der Waals surface area contributed by atoms with Crippen LogP contribution in [0.15, 0.2) is 53.7 Å². The fraction of sp³-hybridized carbons (Fsp3) is 0. The summed E-state index contributed by atoms with van der Waals surface area (Å²) in [6.45, 7) is 0. The zero-order valence-corrected chi connectivity index (χ0v) is 8.95. The van der Waals surface area contributed by atoms with E-state index < -0.39 is 5.97 Å². The van der Waals surface area contributed by atoms with Crippen molar-refractivity contribution in [2.24, 2.45) is 4.99 Å². The fourth-order valence-corrected chi connectivity index (χ4v) is 1.28. The number of carboxylic acid groups (broad SMARTS) is 1. The molecule has 1 aromatic heterocycles. The summed E-state index contributed by atoms with van der Waals surface area (Å²) in [4.78, 5) is 18.6. The Labute approximate surface area is 98.3 Å². The van der Waals surface area contributed by atoms with Crippen LogP contribution in [0, 0.1) is 0 Å². The average Bonchev–Trinajstić information content (AvgIpc) is 2.38. The van der Waals surface area contributed by atoms with Crippen LogP contribution in [0.5, 0.6) is 0 Å². The van der Waals surface area contributed by atoms with Gasteiger partial charge in [-0.1, -0.05) is 30.3 Å². The number of pyridine rings is 1. The lowest BCUT2D eigenvalue weighted by molar-refractivity contribution is 0.0690. The van der Waals surface area contributed by atoms with Crippen molar-refractivity contribution in [2.45, 2.75) is 0 Å². The van der Waals surface area contributed by atoms with Crippen LogP contribution in [0.25, 0.3) is 0 Å². The Morgan fingerprint density at radius 3 is 2.53 bits per heavy atom. The molecule has 1 aromatic carbocycles. The molecule has 17 heavy (non-hydrogen) atoms. The Morgan fingerprint density at radius 1 is 1.18 bits per heavy atom. The van der Waals surface area contributed by atoms with Crippen LogP contribution in [0.1, 0.15) is 16.1 Å². The van der Waals surface area contributed by atoms with E-state index in [-0.39, 0.29) is 5.69 Å². The van der Waals surface area contributed by atoms with Crippen LogP contribution in [-0.2, 0) is 0 Å². The van der Waals surface area contributed by atoms with Crippen molar-refractivity contribution in [2.75, 3.05) is 0 Å². The van der Waals surface area contributed by atoms with E-state index in [9.17, 15) is 4.79 Å². The molecule has 2 aromatic rings. The van der Waals surface area contributed by atoms with E-state index in [2.05, 4.69) is 9.98 Å². The van der Waals surface area contributed by atoms with Gasteiger partial charge >= 0.3 is 5.97 Å². The fourth-order valence-electron chi connectivity index (χ4n) is 1.28. The predicted molar refractivity (Wildman–Crippen MR) is 64.9 cm³/mol. The molecule has 0 aliphatic rings. The Kier molecular flexibility index (Phi) is 3.25. The van der Waals surface area contributed by atoms with Gasteiger partial charge in [-0.05, 0) is 17.7 Å². The number of hydrogen-bond acceptors (Lipinski definition) is 3. The van der Waals surface area contributed by atoms with Gasteiger partial charge in [0.2, 0.25) is 0 Å². The molecule has 0 saturated carbocycles. The van der Waals surface area contributed by atoms with Gasteiger partial charge in [-0.2, -0.15) is 0 Å². The maximum absolute atomic E-state index is 10.6. The van der Waals surface area contributed by atoms with Crippen molar-refractivity contribution in [3.63, 3.8) is 0 Å². The smallest absolute Gasteiger partial charge is 0.354 e. The highest BCUT2D eigenvalue weighted by Gasteiger charge is 2.02. The van der Waals surface area contributed by atoms with Crippen LogP contribution >= 0.6 is 0 Å².